The lowest BCUT2D eigenvalue weighted by Gasteiger charge is -2.08. The van der Waals surface area contributed by atoms with Gasteiger partial charge >= 0.3 is 0 Å². The summed E-state index contributed by atoms with van der Waals surface area (Å²) in [5.74, 6) is 0.471. The van der Waals surface area contributed by atoms with Gasteiger partial charge < -0.3 is 0 Å². The Bertz CT molecular complexity index is 683. The molecule has 0 aliphatic rings. The molecule has 0 unspecified atom stereocenters. The minimum absolute atomic E-state index is 0.471. The summed E-state index contributed by atoms with van der Waals surface area (Å²) in [7, 11) is 0. The number of aromatic nitrogens is 1. The van der Waals surface area contributed by atoms with Crippen molar-refractivity contribution < 1.29 is 0 Å². The molecule has 0 N–H and O–H groups in total. The Kier molecular flexibility index (Phi) is 2.32. The van der Waals surface area contributed by atoms with Crippen LogP contribution in [0.4, 0.5) is 0 Å². The number of rotatable bonds is 1. The first kappa shape index (κ1) is 10.3. The van der Waals surface area contributed by atoms with Crippen molar-refractivity contribution in [3.63, 3.8) is 0 Å². The molecule has 0 fully saturated rings. The molecule has 0 radical (unpaired) electrons. The Balaban J connectivity index is 2.42. The maximum absolute atomic E-state index is 4.80. The van der Waals surface area contributed by atoms with Crippen molar-refractivity contribution in [1.29, 1.82) is 0 Å². The predicted octanol–water partition coefficient (Wildman–Crippen LogP) is 4.51. The third kappa shape index (κ3) is 1.68. The smallest absolute Gasteiger partial charge is 0.0783 e. The van der Waals surface area contributed by atoms with E-state index in [4.69, 9.17) is 4.98 Å². The number of hydrogen-bond acceptors (Lipinski definition) is 1. The Labute approximate surface area is 101 Å². The number of benzene rings is 2. The van der Waals surface area contributed by atoms with Gasteiger partial charge in [-0.1, -0.05) is 56.3 Å². The van der Waals surface area contributed by atoms with Crippen LogP contribution in [0.3, 0.4) is 0 Å². The largest absolute Gasteiger partial charge is 0.252 e. The lowest BCUT2D eigenvalue weighted by molar-refractivity contribution is 0.830. The maximum atomic E-state index is 4.80. The molecule has 17 heavy (non-hydrogen) atoms. The van der Waals surface area contributed by atoms with E-state index < -0.39 is 0 Å². The number of hydrogen-bond donors (Lipinski definition) is 0. The van der Waals surface area contributed by atoms with Crippen LogP contribution in [-0.4, -0.2) is 4.98 Å². The molecular formula is C16H15N. The minimum atomic E-state index is 0.471. The summed E-state index contributed by atoms with van der Waals surface area (Å²) in [5.41, 5.74) is 2.28. The molecule has 84 valence electrons. The molecule has 0 aliphatic heterocycles. The molecule has 1 heterocycles. The zero-order valence-electron chi connectivity index (χ0n) is 10.1. The standard InChI is InChI=1S/C16H15N/c1-11(2)15-10-9-13-8-7-12-5-3-4-6-14(12)16(13)17-15/h3-11H,1-2H3. The second-order valence-corrected chi connectivity index (χ2v) is 4.75. The molecule has 1 nitrogen and oxygen atoms in total. The summed E-state index contributed by atoms with van der Waals surface area (Å²) in [5, 5.41) is 3.72. The second-order valence-electron chi connectivity index (χ2n) is 4.75. The average Bonchev–Trinajstić information content (AvgIpc) is 2.38. The Morgan fingerprint density at radius 3 is 2.35 bits per heavy atom. The van der Waals surface area contributed by atoms with Gasteiger partial charge in [0.05, 0.1) is 5.52 Å². The number of pyridine rings is 1. The zero-order chi connectivity index (χ0) is 11.8. The summed E-state index contributed by atoms with van der Waals surface area (Å²) in [6, 6.07) is 17.0. The Morgan fingerprint density at radius 2 is 1.53 bits per heavy atom. The molecule has 0 spiro atoms. The van der Waals surface area contributed by atoms with Crippen LogP contribution in [0.15, 0.2) is 48.5 Å². The fraction of sp³-hybridized carbons (Fsp3) is 0.188. The Morgan fingerprint density at radius 1 is 0.824 bits per heavy atom. The van der Waals surface area contributed by atoms with Crippen molar-refractivity contribution in [3.05, 3.63) is 54.2 Å². The molecule has 0 saturated carbocycles. The van der Waals surface area contributed by atoms with E-state index in [0.29, 0.717) is 5.92 Å². The lowest BCUT2D eigenvalue weighted by atomic mass is 10.0. The lowest BCUT2D eigenvalue weighted by Crippen LogP contribution is -1.92. The van der Waals surface area contributed by atoms with Crippen molar-refractivity contribution in [1.82, 2.24) is 4.98 Å². The highest BCUT2D eigenvalue weighted by Gasteiger charge is 2.05. The third-order valence-corrected chi connectivity index (χ3v) is 3.20. The fourth-order valence-electron chi connectivity index (χ4n) is 2.19. The molecule has 0 aliphatic carbocycles. The van der Waals surface area contributed by atoms with Crippen LogP contribution >= 0.6 is 0 Å². The highest BCUT2D eigenvalue weighted by Crippen LogP contribution is 2.25. The van der Waals surface area contributed by atoms with E-state index in [9.17, 15) is 0 Å². The van der Waals surface area contributed by atoms with Gasteiger partial charge in [0.15, 0.2) is 0 Å². The van der Waals surface area contributed by atoms with Gasteiger partial charge in [-0.3, -0.25) is 4.98 Å². The van der Waals surface area contributed by atoms with Crippen molar-refractivity contribution in [2.75, 3.05) is 0 Å². The molecule has 3 aromatic rings. The first-order valence-corrected chi connectivity index (χ1v) is 6.04. The normalized spacial score (nSPS) is 11.5. The van der Waals surface area contributed by atoms with Gasteiger partial charge in [-0.05, 0) is 17.4 Å². The van der Waals surface area contributed by atoms with E-state index in [1.54, 1.807) is 0 Å². The zero-order valence-corrected chi connectivity index (χ0v) is 10.1. The van der Waals surface area contributed by atoms with E-state index in [2.05, 4.69) is 62.4 Å². The van der Waals surface area contributed by atoms with Gasteiger partial charge in [-0.25, -0.2) is 0 Å². The number of fused-ring (bicyclic) bond motifs is 3. The van der Waals surface area contributed by atoms with Crippen LogP contribution in [0.25, 0.3) is 21.7 Å². The second kappa shape index (κ2) is 3.85. The molecule has 0 bridgehead atoms. The summed E-state index contributed by atoms with van der Waals surface area (Å²) < 4.78 is 0. The summed E-state index contributed by atoms with van der Waals surface area (Å²) in [4.78, 5) is 4.80. The average molecular weight is 221 g/mol. The van der Waals surface area contributed by atoms with Crippen LogP contribution in [0.1, 0.15) is 25.5 Å². The first-order valence-electron chi connectivity index (χ1n) is 6.04. The molecule has 1 aromatic heterocycles. The molecule has 0 amide bonds. The summed E-state index contributed by atoms with van der Waals surface area (Å²) >= 11 is 0. The van der Waals surface area contributed by atoms with Crippen LogP contribution in [-0.2, 0) is 0 Å². The van der Waals surface area contributed by atoms with Gasteiger partial charge in [0.1, 0.15) is 0 Å². The molecule has 3 rings (SSSR count). The SMILES string of the molecule is CC(C)c1ccc2ccc3ccccc3c2n1. The van der Waals surface area contributed by atoms with Gasteiger partial charge in [0, 0.05) is 16.5 Å². The predicted molar refractivity (Wildman–Crippen MR) is 73.3 cm³/mol. The topological polar surface area (TPSA) is 12.9 Å². The third-order valence-electron chi connectivity index (χ3n) is 3.20. The van der Waals surface area contributed by atoms with Crippen molar-refractivity contribution in [3.8, 4) is 0 Å². The molecule has 1 heteroatoms. The van der Waals surface area contributed by atoms with E-state index >= 15 is 0 Å². The Hall–Kier alpha value is -1.89. The molecule has 0 saturated heterocycles. The molecule has 0 atom stereocenters. The van der Waals surface area contributed by atoms with Crippen LogP contribution in [0.2, 0.25) is 0 Å². The van der Waals surface area contributed by atoms with E-state index in [-0.39, 0.29) is 0 Å². The van der Waals surface area contributed by atoms with E-state index in [1.165, 1.54) is 16.2 Å². The number of nitrogens with zero attached hydrogens (tertiary/aromatic N) is 1. The van der Waals surface area contributed by atoms with Gasteiger partial charge in [0.2, 0.25) is 0 Å². The summed E-state index contributed by atoms with van der Waals surface area (Å²) in [6.07, 6.45) is 0. The van der Waals surface area contributed by atoms with Crippen LogP contribution < -0.4 is 0 Å². The maximum Gasteiger partial charge on any atom is 0.0783 e. The quantitative estimate of drug-likeness (QED) is 0.551. The minimum Gasteiger partial charge on any atom is -0.252 e. The van der Waals surface area contributed by atoms with Crippen molar-refractivity contribution >= 4 is 21.7 Å². The van der Waals surface area contributed by atoms with Gasteiger partial charge in [-0.2, -0.15) is 0 Å². The molecule has 2 aromatic carbocycles. The highest BCUT2D eigenvalue weighted by molar-refractivity contribution is 6.05. The van der Waals surface area contributed by atoms with Crippen LogP contribution in [0.5, 0.6) is 0 Å². The van der Waals surface area contributed by atoms with Gasteiger partial charge in [0.25, 0.3) is 0 Å². The van der Waals surface area contributed by atoms with Crippen LogP contribution in [0, 0.1) is 0 Å². The highest BCUT2D eigenvalue weighted by atomic mass is 14.7. The van der Waals surface area contributed by atoms with E-state index in [1.807, 2.05) is 0 Å². The van der Waals surface area contributed by atoms with Crippen molar-refractivity contribution in [2.45, 2.75) is 19.8 Å². The van der Waals surface area contributed by atoms with Crippen molar-refractivity contribution in [2.24, 2.45) is 0 Å². The fourth-order valence-corrected chi connectivity index (χ4v) is 2.19. The molecular weight excluding hydrogens is 206 g/mol. The summed E-state index contributed by atoms with van der Waals surface area (Å²) in [6.45, 7) is 4.36. The van der Waals surface area contributed by atoms with E-state index in [0.717, 1.165) is 11.2 Å². The monoisotopic (exact) mass is 221 g/mol. The first-order chi connectivity index (χ1) is 8.25. The van der Waals surface area contributed by atoms with Gasteiger partial charge in [-0.15, -0.1) is 0 Å².